The minimum atomic E-state index is -0.105. The van der Waals surface area contributed by atoms with Crippen LogP contribution in [0.15, 0.2) is 42.5 Å². The molecule has 0 saturated heterocycles. The van der Waals surface area contributed by atoms with E-state index in [9.17, 15) is 9.59 Å². The SMILES string of the molecule is Cc1ccc(NC(=O)CSCC(=O)Nc2ccc(C(C)C)cc2)cc1C. The molecule has 0 heterocycles. The molecular weight excluding hydrogens is 344 g/mol. The Morgan fingerprint density at radius 1 is 0.846 bits per heavy atom. The number of carbonyl (C=O) groups is 2. The van der Waals surface area contributed by atoms with Gasteiger partial charge in [-0.05, 0) is 60.7 Å². The van der Waals surface area contributed by atoms with Crippen molar-refractivity contribution in [1.82, 2.24) is 0 Å². The maximum Gasteiger partial charge on any atom is 0.234 e. The molecule has 138 valence electrons. The van der Waals surface area contributed by atoms with Crippen LogP contribution in [-0.2, 0) is 9.59 Å². The van der Waals surface area contributed by atoms with Crippen molar-refractivity contribution in [2.45, 2.75) is 33.6 Å². The molecule has 5 heteroatoms. The van der Waals surface area contributed by atoms with Gasteiger partial charge in [-0.3, -0.25) is 9.59 Å². The van der Waals surface area contributed by atoms with Gasteiger partial charge in [0.05, 0.1) is 11.5 Å². The minimum absolute atomic E-state index is 0.104. The highest BCUT2D eigenvalue weighted by molar-refractivity contribution is 8.00. The van der Waals surface area contributed by atoms with Crippen LogP contribution < -0.4 is 10.6 Å². The molecule has 2 N–H and O–H groups in total. The molecule has 0 bridgehead atoms. The zero-order valence-electron chi connectivity index (χ0n) is 15.8. The van der Waals surface area contributed by atoms with Crippen LogP contribution in [-0.4, -0.2) is 23.3 Å². The normalized spacial score (nSPS) is 10.7. The molecule has 0 aliphatic carbocycles. The monoisotopic (exact) mass is 370 g/mol. The third kappa shape index (κ3) is 6.23. The van der Waals surface area contributed by atoms with Crippen molar-refractivity contribution in [1.29, 1.82) is 0 Å². The van der Waals surface area contributed by atoms with E-state index in [1.54, 1.807) is 0 Å². The summed E-state index contributed by atoms with van der Waals surface area (Å²) >= 11 is 1.30. The van der Waals surface area contributed by atoms with Gasteiger partial charge in [0.25, 0.3) is 0 Å². The van der Waals surface area contributed by atoms with E-state index in [-0.39, 0.29) is 23.3 Å². The Kier molecular flexibility index (Phi) is 7.27. The van der Waals surface area contributed by atoms with E-state index in [4.69, 9.17) is 0 Å². The molecule has 0 radical (unpaired) electrons. The first-order valence-corrected chi connectivity index (χ1v) is 9.85. The van der Waals surface area contributed by atoms with Crippen molar-refractivity contribution in [2.75, 3.05) is 22.1 Å². The van der Waals surface area contributed by atoms with Gasteiger partial charge in [0.2, 0.25) is 11.8 Å². The van der Waals surface area contributed by atoms with Crippen LogP contribution in [0.2, 0.25) is 0 Å². The lowest BCUT2D eigenvalue weighted by atomic mass is 10.0. The van der Waals surface area contributed by atoms with Crippen LogP contribution in [0.25, 0.3) is 0 Å². The quantitative estimate of drug-likeness (QED) is 0.740. The molecule has 0 atom stereocenters. The standard InChI is InChI=1S/C21H26N2O2S/c1-14(2)17-6-9-18(10-7-17)22-20(24)12-26-13-21(25)23-19-8-5-15(3)16(4)11-19/h5-11,14H,12-13H2,1-4H3,(H,22,24)(H,23,25). The zero-order chi connectivity index (χ0) is 19.1. The van der Waals surface area contributed by atoms with Gasteiger partial charge in [-0.1, -0.05) is 32.0 Å². The van der Waals surface area contributed by atoms with Crippen LogP contribution in [0.5, 0.6) is 0 Å². The molecular formula is C21H26N2O2S. The molecule has 2 aromatic rings. The summed E-state index contributed by atoms with van der Waals surface area (Å²) in [4.78, 5) is 24.0. The largest absolute Gasteiger partial charge is 0.325 e. The zero-order valence-corrected chi connectivity index (χ0v) is 16.6. The van der Waals surface area contributed by atoms with Crippen molar-refractivity contribution < 1.29 is 9.59 Å². The van der Waals surface area contributed by atoms with E-state index >= 15 is 0 Å². The first-order valence-electron chi connectivity index (χ1n) is 8.70. The number of hydrogen-bond acceptors (Lipinski definition) is 3. The molecule has 0 saturated carbocycles. The fraction of sp³-hybridized carbons (Fsp3) is 0.333. The van der Waals surface area contributed by atoms with E-state index in [0.717, 1.165) is 16.9 Å². The highest BCUT2D eigenvalue weighted by atomic mass is 32.2. The summed E-state index contributed by atoms with van der Waals surface area (Å²) in [5, 5.41) is 5.71. The topological polar surface area (TPSA) is 58.2 Å². The van der Waals surface area contributed by atoms with Crippen molar-refractivity contribution in [3.63, 3.8) is 0 Å². The Balaban J connectivity index is 1.73. The molecule has 0 aliphatic rings. The summed E-state index contributed by atoms with van der Waals surface area (Å²) in [5.41, 5.74) is 5.13. The lowest BCUT2D eigenvalue weighted by Crippen LogP contribution is -2.18. The summed E-state index contributed by atoms with van der Waals surface area (Å²) in [7, 11) is 0. The maximum absolute atomic E-state index is 12.0. The predicted molar refractivity (Wildman–Crippen MR) is 111 cm³/mol. The number of aryl methyl sites for hydroxylation is 2. The molecule has 2 amide bonds. The van der Waals surface area contributed by atoms with Gasteiger partial charge in [-0.25, -0.2) is 0 Å². The smallest absolute Gasteiger partial charge is 0.234 e. The number of amides is 2. The number of carbonyl (C=O) groups excluding carboxylic acids is 2. The van der Waals surface area contributed by atoms with Gasteiger partial charge in [0, 0.05) is 11.4 Å². The van der Waals surface area contributed by atoms with Crippen molar-refractivity contribution >= 4 is 35.0 Å². The highest BCUT2D eigenvalue weighted by Gasteiger charge is 2.07. The fourth-order valence-electron chi connectivity index (χ4n) is 2.40. The molecule has 0 unspecified atom stereocenters. The summed E-state index contributed by atoms with van der Waals surface area (Å²) in [6.45, 7) is 8.31. The summed E-state index contributed by atoms with van der Waals surface area (Å²) in [6, 6.07) is 13.7. The van der Waals surface area contributed by atoms with Gasteiger partial charge < -0.3 is 10.6 Å². The van der Waals surface area contributed by atoms with Gasteiger partial charge in [-0.15, -0.1) is 11.8 Å². The van der Waals surface area contributed by atoms with Crippen LogP contribution in [0.1, 0.15) is 36.5 Å². The van der Waals surface area contributed by atoms with Gasteiger partial charge >= 0.3 is 0 Å². The van der Waals surface area contributed by atoms with Crippen LogP contribution in [0.3, 0.4) is 0 Å². The molecule has 2 aromatic carbocycles. The van der Waals surface area contributed by atoms with Gasteiger partial charge in [-0.2, -0.15) is 0 Å². The van der Waals surface area contributed by atoms with Crippen LogP contribution in [0.4, 0.5) is 11.4 Å². The number of hydrogen-bond donors (Lipinski definition) is 2. The Hall–Kier alpha value is -2.27. The Morgan fingerprint density at radius 2 is 1.38 bits per heavy atom. The lowest BCUT2D eigenvalue weighted by molar-refractivity contribution is -0.114. The highest BCUT2D eigenvalue weighted by Crippen LogP contribution is 2.18. The number of nitrogens with one attached hydrogen (secondary N) is 2. The summed E-state index contributed by atoms with van der Waals surface area (Å²) in [5.74, 6) is 0.739. The van der Waals surface area contributed by atoms with E-state index in [1.807, 2.05) is 56.3 Å². The van der Waals surface area contributed by atoms with Crippen molar-refractivity contribution in [3.05, 3.63) is 59.2 Å². The van der Waals surface area contributed by atoms with Crippen LogP contribution >= 0.6 is 11.8 Å². The van der Waals surface area contributed by atoms with E-state index in [2.05, 4.69) is 24.5 Å². The van der Waals surface area contributed by atoms with Crippen molar-refractivity contribution in [2.24, 2.45) is 0 Å². The fourth-order valence-corrected chi connectivity index (χ4v) is 3.02. The third-order valence-corrected chi connectivity index (χ3v) is 5.05. The van der Waals surface area contributed by atoms with Crippen molar-refractivity contribution in [3.8, 4) is 0 Å². The average Bonchev–Trinajstić information content (AvgIpc) is 2.58. The van der Waals surface area contributed by atoms with E-state index in [1.165, 1.54) is 22.9 Å². The average molecular weight is 371 g/mol. The Bertz CT molecular complexity index is 770. The summed E-state index contributed by atoms with van der Waals surface area (Å²) in [6.07, 6.45) is 0. The number of benzene rings is 2. The Labute approximate surface area is 159 Å². The number of thioether (sulfide) groups is 1. The number of anilines is 2. The summed E-state index contributed by atoms with van der Waals surface area (Å²) < 4.78 is 0. The second-order valence-corrected chi connectivity index (χ2v) is 7.65. The first-order chi connectivity index (χ1) is 12.3. The molecule has 0 spiro atoms. The third-order valence-electron chi connectivity index (χ3n) is 4.12. The first kappa shape index (κ1) is 20.0. The maximum atomic E-state index is 12.0. The Morgan fingerprint density at radius 3 is 1.92 bits per heavy atom. The number of rotatable bonds is 7. The molecule has 2 rings (SSSR count). The van der Waals surface area contributed by atoms with Gasteiger partial charge in [0.15, 0.2) is 0 Å². The molecule has 0 aliphatic heterocycles. The molecule has 4 nitrogen and oxygen atoms in total. The minimum Gasteiger partial charge on any atom is -0.325 e. The second kappa shape index (κ2) is 9.43. The predicted octanol–water partition coefficient (Wildman–Crippen LogP) is 4.74. The van der Waals surface area contributed by atoms with Crippen LogP contribution in [0, 0.1) is 13.8 Å². The molecule has 0 aromatic heterocycles. The molecule has 26 heavy (non-hydrogen) atoms. The second-order valence-electron chi connectivity index (χ2n) is 6.66. The van der Waals surface area contributed by atoms with E-state index in [0.29, 0.717) is 5.92 Å². The van der Waals surface area contributed by atoms with E-state index < -0.39 is 0 Å². The van der Waals surface area contributed by atoms with Gasteiger partial charge in [0.1, 0.15) is 0 Å². The lowest BCUT2D eigenvalue weighted by Gasteiger charge is -2.09. The molecule has 0 fully saturated rings.